The van der Waals surface area contributed by atoms with Crippen molar-refractivity contribution in [2.75, 3.05) is 26.3 Å². The van der Waals surface area contributed by atoms with Gasteiger partial charge in [-0.15, -0.1) is 10.2 Å². The summed E-state index contributed by atoms with van der Waals surface area (Å²) in [6.07, 6.45) is 2.52. The zero-order valence-corrected chi connectivity index (χ0v) is 14.6. The molecule has 2 aromatic rings. The molecule has 0 bridgehead atoms. The van der Waals surface area contributed by atoms with Crippen molar-refractivity contribution in [1.29, 1.82) is 0 Å². The van der Waals surface area contributed by atoms with Gasteiger partial charge in [-0.3, -0.25) is 9.59 Å². The highest BCUT2D eigenvalue weighted by Crippen LogP contribution is 2.21. The van der Waals surface area contributed by atoms with Gasteiger partial charge in [-0.2, -0.15) is 0 Å². The van der Waals surface area contributed by atoms with Gasteiger partial charge in [-0.05, 0) is 44.0 Å². The number of hydrogen-bond acceptors (Lipinski definition) is 7. The van der Waals surface area contributed by atoms with Crippen LogP contribution in [0.5, 0.6) is 5.75 Å². The summed E-state index contributed by atoms with van der Waals surface area (Å²) in [6.45, 7) is 3.23. The minimum absolute atomic E-state index is 0.0377. The molecular formula is C18H21N3O5. The van der Waals surface area contributed by atoms with Crippen molar-refractivity contribution in [2.45, 2.75) is 19.8 Å². The summed E-state index contributed by atoms with van der Waals surface area (Å²) >= 11 is 0. The normalized spacial score (nSPS) is 14.9. The van der Waals surface area contributed by atoms with Crippen molar-refractivity contribution in [2.24, 2.45) is 5.92 Å². The van der Waals surface area contributed by atoms with Crippen LogP contribution in [0.1, 0.15) is 19.8 Å². The summed E-state index contributed by atoms with van der Waals surface area (Å²) in [7, 11) is 0. The van der Waals surface area contributed by atoms with Crippen LogP contribution in [0.2, 0.25) is 0 Å². The van der Waals surface area contributed by atoms with Crippen molar-refractivity contribution >= 4 is 11.9 Å². The molecule has 0 aliphatic carbocycles. The quantitative estimate of drug-likeness (QED) is 0.727. The predicted molar refractivity (Wildman–Crippen MR) is 91.2 cm³/mol. The van der Waals surface area contributed by atoms with E-state index in [1.54, 1.807) is 36.1 Å². The van der Waals surface area contributed by atoms with Crippen LogP contribution >= 0.6 is 0 Å². The Bertz CT molecular complexity index is 722. The third-order valence-electron chi connectivity index (χ3n) is 4.29. The summed E-state index contributed by atoms with van der Waals surface area (Å²) in [5.74, 6) is 0.641. The Morgan fingerprint density at radius 2 is 1.96 bits per heavy atom. The van der Waals surface area contributed by atoms with Crippen molar-refractivity contribution in [3.8, 4) is 17.2 Å². The monoisotopic (exact) mass is 359 g/mol. The van der Waals surface area contributed by atoms with Crippen LogP contribution in [0.3, 0.4) is 0 Å². The summed E-state index contributed by atoms with van der Waals surface area (Å²) in [5, 5.41) is 7.46. The Kier molecular flexibility index (Phi) is 5.83. The van der Waals surface area contributed by atoms with E-state index in [0.29, 0.717) is 44.2 Å². The second-order valence-corrected chi connectivity index (χ2v) is 5.96. The van der Waals surface area contributed by atoms with Gasteiger partial charge in [-0.25, -0.2) is 0 Å². The first-order chi connectivity index (χ1) is 12.7. The van der Waals surface area contributed by atoms with Gasteiger partial charge in [0.25, 0.3) is 5.91 Å². The number of carbonyl (C=O) groups is 2. The highest BCUT2D eigenvalue weighted by atomic mass is 16.5. The first-order valence-electron chi connectivity index (χ1n) is 8.61. The number of aromatic nitrogens is 2. The molecule has 2 heterocycles. The van der Waals surface area contributed by atoms with E-state index in [1.165, 1.54) is 6.39 Å². The number of likely N-dealkylation sites (tertiary alicyclic amines) is 1. The molecule has 8 nitrogen and oxygen atoms in total. The van der Waals surface area contributed by atoms with Crippen molar-refractivity contribution < 1.29 is 23.5 Å². The van der Waals surface area contributed by atoms with E-state index < -0.39 is 0 Å². The van der Waals surface area contributed by atoms with Crippen LogP contribution in [0.15, 0.2) is 35.1 Å². The third kappa shape index (κ3) is 4.38. The molecule has 26 heavy (non-hydrogen) atoms. The molecule has 1 fully saturated rings. The van der Waals surface area contributed by atoms with Crippen LogP contribution in [-0.2, 0) is 14.3 Å². The largest absolute Gasteiger partial charge is 0.484 e. The Hall–Kier alpha value is -2.90. The Morgan fingerprint density at radius 1 is 1.23 bits per heavy atom. The number of benzene rings is 1. The Balaban J connectivity index is 1.45. The fourth-order valence-electron chi connectivity index (χ4n) is 2.85. The number of nitrogens with zero attached hydrogens (tertiary/aromatic N) is 3. The maximum atomic E-state index is 12.3. The Morgan fingerprint density at radius 3 is 2.58 bits per heavy atom. The fraction of sp³-hybridized carbons (Fsp3) is 0.444. The van der Waals surface area contributed by atoms with Crippen molar-refractivity contribution in [3.05, 3.63) is 30.7 Å². The minimum atomic E-state index is -0.169. The second kappa shape index (κ2) is 8.46. The van der Waals surface area contributed by atoms with E-state index in [4.69, 9.17) is 13.9 Å². The number of carbonyl (C=O) groups excluding carboxylic acids is 2. The summed E-state index contributed by atoms with van der Waals surface area (Å²) in [4.78, 5) is 25.7. The lowest BCUT2D eigenvalue weighted by atomic mass is 9.97. The number of ether oxygens (including phenoxy) is 2. The van der Waals surface area contributed by atoms with Gasteiger partial charge in [0.2, 0.25) is 12.3 Å². The Labute approximate surface area is 151 Å². The highest BCUT2D eigenvalue weighted by Gasteiger charge is 2.28. The van der Waals surface area contributed by atoms with E-state index in [0.717, 1.165) is 5.56 Å². The topological polar surface area (TPSA) is 94.8 Å². The molecule has 1 aliphatic rings. The van der Waals surface area contributed by atoms with Crippen molar-refractivity contribution in [1.82, 2.24) is 15.1 Å². The van der Waals surface area contributed by atoms with Gasteiger partial charge in [-0.1, -0.05) is 0 Å². The molecule has 0 spiro atoms. The standard InChI is InChI=1S/C18H21N3O5/c1-2-24-18(23)14-7-9-21(10-8-14)16(22)11-25-15-5-3-13(4-6-15)17-20-19-12-26-17/h3-6,12,14H,2,7-11H2,1H3. The van der Waals surface area contributed by atoms with Crippen LogP contribution in [0.25, 0.3) is 11.5 Å². The lowest BCUT2D eigenvalue weighted by Crippen LogP contribution is -2.42. The molecule has 1 saturated heterocycles. The number of amides is 1. The molecule has 1 aliphatic heterocycles. The van der Waals surface area contributed by atoms with Crippen LogP contribution in [0, 0.1) is 5.92 Å². The maximum absolute atomic E-state index is 12.3. The summed E-state index contributed by atoms with van der Waals surface area (Å²) in [5.41, 5.74) is 0.780. The minimum Gasteiger partial charge on any atom is -0.484 e. The average Bonchev–Trinajstić information content (AvgIpc) is 3.21. The van der Waals surface area contributed by atoms with E-state index in [-0.39, 0.29) is 24.4 Å². The molecule has 8 heteroatoms. The smallest absolute Gasteiger partial charge is 0.309 e. The highest BCUT2D eigenvalue weighted by molar-refractivity contribution is 5.78. The molecule has 0 radical (unpaired) electrons. The van der Waals surface area contributed by atoms with Crippen molar-refractivity contribution in [3.63, 3.8) is 0 Å². The zero-order valence-electron chi connectivity index (χ0n) is 14.6. The number of esters is 1. The van der Waals surface area contributed by atoms with E-state index in [2.05, 4.69) is 10.2 Å². The van der Waals surface area contributed by atoms with Gasteiger partial charge in [0.05, 0.1) is 12.5 Å². The van der Waals surface area contributed by atoms with Gasteiger partial charge in [0.1, 0.15) is 5.75 Å². The third-order valence-corrected chi connectivity index (χ3v) is 4.29. The first-order valence-corrected chi connectivity index (χ1v) is 8.61. The van der Waals surface area contributed by atoms with Gasteiger partial charge < -0.3 is 18.8 Å². The number of rotatable bonds is 6. The van der Waals surface area contributed by atoms with Gasteiger partial charge in [0, 0.05) is 18.7 Å². The molecule has 1 amide bonds. The molecule has 1 aromatic carbocycles. The second-order valence-electron chi connectivity index (χ2n) is 5.96. The van der Waals surface area contributed by atoms with Crippen LogP contribution < -0.4 is 4.74 Å². The van der Waals surface area contributed by atoms with Gasteiger partial charge in [0.15, 0.2) is 6.61 Å². The first kappa shape index (κ1) is 17.9. The maximum Gasteiger partial charge on any atom is 0.309 e. The molecule has 1 aromatic heterocycles. The molecule has 3 rings (SSSR count). The molecule has 0 N–H and O–H groups in total. The molecular weight excluding hydrogens is 338 g/mol. The lowest BCUT2D eigenvalue weighted by Gasteiger charge is -2.30. The van der Waals surface area contributed by atoms with E-state index in [9.17, 15) is 9.59 Å². The number of piperidine rings is 1. The SMILES string of the molecule is CCOC(=O)C1CCN(C(=O)COc2ccc(-c3nnco3)cc2)CC1. The molecule has 0 unspecified atom stereocenters. The average molecular weight is 359 g/mol. The molecule has 0 saturated carbocycles. The molecule has 0 atom stereocenters. The van der Waals surface area contributed by atoms with Crippen LogP contribution in [-0.4, -0.2) is 53.3 Å². The zero-order chi connectivity index (χ0) is 18.4. The lowest BCUT2D eigenvalue weighted by molar-refractivity contribution is -0.151. The predicted octanol–water partition coefficient (Wildman–Crippen LogP) is 1.92. The van der Waals surface area contributed by atoms with Gasteiger partial charge >= 0.3 is 5.97 Å². The van der Waals surface area contributed by atoms with Crippen LogP contribution in [0.4, 0.5) is 0 Å². The summed E-state index contributed by atoms with van der Waals surface area (Å²) in [6, 6.07) is 7.08. The fourth-order valence-corrected chi connectivity index (χ4v) is 2.85. The van der Waals surface area contributed by atoms with E-state index >= 15 is 0 Å². The molecule has 138 valence electrons. The van der Waals surface area contributed by atoms with E-state index in [1.807, 2.05) is 0 Å². The summed E-state index contributed by atoms with van der Waals surface area (Å²) < 4.78 is 15.7. The number of hydrogen-bond donors (Lipinski definition) is 0.